The molecule has 0 N–H and O–H groups in total. The van der Waals surface area contributed by atoms with Crippen LogP contribution < -0.4 is 4.74 Å². The molecule has 16 heavy (non-hydrogen) atoms. The van der Waals surface area contributed by atoms with Crippen molar-refractivity contribution in [1.29, 1.82) is 0 Å². The molecule has 0 aliphatic heterocycles. The van der Waals surface area contributed by atoms with E-state index in [2.05, 4.69) is 11.8 Å². The van der Waals surface area contributed by atoms with E-state index in [9.17, 15) is 0 Å². The van der Waals surface area contributed by atoms with Crippen LogP contribution in [0.5, 0.6) is 5.75 Å². The molecule has 1 rings (SSSR count). The summed E-state index contributed by atoms with van der Waals surface area (Å²) in [6.07, 6.45) is 0.928. The van der Waals surface area contributed by atoms with Crippen molar-refractivity contribution in [2.75, 3.05) is 5.88 Å². The lowest BCUT2D eigenvalue weighted by molar-refractivity contribution is 0.241. The third kappa shape index (κ3) is 4.16. The fourth-order valence-corrected chi connectivity index (χ4v) is 1.42. The van der Waals surface area contributed by atoms with Gasteiger partial charge in [-0.3, -0.25) is 0 Å². The molecule has 0 saturated heterocycles. The number of aryl methyl sites for hydroxylation is 1. The van der Waals surface area contributed by atoms with Gasteiger partial charge in [-0.1, -0.05) is 11.8 Å². The number of benzene rings is 1. The second-order valence-electron chi connectivity index (χ2n) is 3.89. The third-order valence-electron chi connectivity index (χ3n) is 1.99. The summed E-state index contributed by atoms with van der Waals surface area (Å²) in [6.45, 7) is 6.08. The van der Waals surface area contributed by atoms with E-state index in [0.29, 0.717) is 5.88 Å². The number of hydrogen-bond acceptors (Lipinski definition) is 1. The molecular weight excluding hydrogens is 220 g/mol. The van der Waals surface area contributed by atoms with Gasteiger partial charge in [0.05, 0.1) is 6.10 Å². The van der Waals surface area contributed by atoms with Gasteiger partial charge in [0.15, 0.2) is 0 Å². The lowest BCUT2D eigenvalue weighted by Crippen LogP contribution is -2.06. The number of rotatable bonds is 3. The van der Waals surface area contributed by atoms with E-state index in [1.807, 2.05) is 39.0 Å². The summed E-state index contributed by atoms with van der Waals surface area (Å²) in [5.41, 5.74) is 2.13. The molecule has 0 spiro atoms. The van der Waals surface area contributed by atoms with Crippen LogP contribution in [0, 0.1) is 18.8 Å². The molecule has 0 saturated carbocycles. The monoisotopic (exact) mass is 236 g/mol. The predicted molar refractivity (Wildman–Crippen MR) is 69.2 cm³/mol. The Hall–Kier alpha value is -1.13. The Morgan fingerprint density at radius 3 is 2.69 bits per heavy atom. The average Bonchev–Trinajstić information content (AvgIpc) is 2.22. The largest absolute Gasteiger partial charge is 0.491 e. The zero-order valence-corrected chi connectivity index (χ0v) is 10.8. The van der Waals surface area contributed by atoms with E-state index >= 15 is 0 Å². The Bertz CT molecular complexity index is 399. The number of hydrogen-bond donors (Lipinski definition) is 0. The maximum Gasteiger partial charge on any atom is 0.122 e. The molecule has 86 valence electrons. The van der Waals surface area contributed by atoms with E-state index in [0.717, 1.165) is 23.3 Å². The first kappa shape index (κ1) is 12.9. The van der Waals surface area contributed by atoms with Crippen LogP contribution in [-0.2, 0) is 0 Å². The van der Waals surface area contributed by atoms with Gasteiger partial charge in [0, 0.05) is 17.9 Å². The summed E-state index contributed by atoms with van der Waals surface area (Å²) >= 11 is 5.56. The third-order valence-corrected chi connectivity index (χ3v) is 2.18. The second-order valence-corrected chi connectivity index (χ2v) is 4.27. The number of alkyl halides is 1. The number of ether oxygens (including phenoxy) is 1. The highest BCUT2D eigenvalue weighted by Crippen LogP contribution is 2.19. The highest BCUT2D eigenvalue weighted by Gasteiger charge is 2.01. The first-order chi connectivity index (χ1) is 7.63. The van der Waals surface area contributed by atoms with E-state index in [4.69, 9.17) is 16.3 Å². The molecule has 0 amide bonds. The van der Waals surface area contributed by atoms with Gasteiger partial charge in [-0.05, 0) is 44.5 Å². The molecule has 0 aromatic heterocycles. The van der Waals surface area contributed by atoms with Gasteiger partial charge >= 0.3 is 0 Å². The van der Waals surface area contributed by atoms with Gasteiger partial charge in [-0.25, -0.2) is 0 Å². The molecule has 0 atom stereocenters. The number of halogens is 1. The van der Waals surface area contributed by atoms with Gasteiger partial charge in [-0.15, -0.1) is 11.6 Å². The van der Waals surface area contributed by atoms with Crippen molar-refractivity contribution < 1.29 is 4.74 Å². The Kier molecular flexibility index (Phi) is 5.22. The molecule has 1 aromatic rings. The van der Waals surface area contributed by atoms with E-state index in [1.54, 1.807) is 0 Å². The summed E-state index contributed by atoms with van der Waals surface area (Å²) < 4.78 is 5.66. The molecule has 0 bridgehead atoms. The molecule has 0 radical (unpaired) electrons. The normalized spacial score (nSPS) is 9.81. The average molecular weight is 237 g/mol. The van der Waals surface area contributed by atoms with E-state index in [1.165, 1.54) is 0 Å². The predicted octanol–water partition coefficient (Wildman–Crippen LogP) is 3.76. The van der Waals surface area contributed by atoms with Crippen molar-refractivity contribution >= 4 is 11.6 Å². The minimum atomic E-state index is 0.201. The van der Waals surface area contributed by atoms with Crippen molar-refractivity contribution in [2.45, 2.75) is 33.3 Å². The lowest BCUT2D eigenvalue weighted by atomic mass is 10.1. The minimum Gasteiger partial charge on any atom is -0.491 e. The van der Waals surface area contributed by atoms with Crippen LogP contribution in [0.1, 0.15) is 31.4 Å². The highest BCUT2D eigenvalue weighted by molar-refractivity contribution is 6.18. The van der Waals surface area contributed by atoms with Crippen molar-refractivity contribution in [3.63, 3.8) is 0 Å². The molecular formula is C14H17ClO. The summed E-state index contributed by atoms with van der Waals surface area (Å²) in [7, 11) is 0. The topological polar surface area (TPSA) is 9.23 Å². The van der Waals surface area contributed by atoms with Crippen LogP contribution in [0.4, 0.5) is 0 Å². The molecule has 0 aliphatic rings. The summed E-state index contributed by atoms with van der Waals surface area (Å²) in [4.78, 5) is 0. The highest BCUT2D eigenvalue weighted by atomic mass is 35.5. The van der Waals surface area contributed by atoms with Crippen LogP contribution in [0.25, 0.3) is 0 Å². The second kappa shape index (κ2) is 6.45. The molecule has 1 aromatic carbocycles. The van der Waals surface area contributed by atoms with Gasteiger partial charge in [-0.2, -0.15) is 0 Å². The lowest BCUT2D eigenvalue weighted by Gasteiger charge is -2.12. The Morgan fingerprint density at radius 2 is 2.12 bits per heavy atom. The summed E-state index contributed by atoms with van der Waals surface area (Å²) in [6, 6.07) is 5.99. The van der Waals surface area contributed by atoms with Crippen molar-refractivity contribution in [2.24, 2.45) is 0 Å². The van der Waals surface area contributed by atoms with Crippen molar-refractivity contribution in [3.8, 4) is 17.6 Å². The van der Waals surface area contributed by atoms with Gasteiger partial charge < -0.3 is 4.74 Å². The first-order valence-corrected chi connectivity index (χ1v) is 5.99. The molecule has 1 nitrogen and oxygen atoms in total. The van der Waals surface area contributed by atoms with E-state index in [-0.39, 0.29) is 6.10 Å². The Morgan fingerprint density at radius 1 is 1.38 bits per heavy atom. The molecule has 0 fully saturated rings. The summed E-state index contributed by atoms with van der Waals surface area (Å²) in [5.74, 6) is 7.61. The van der Waals surface area contributed by atoms with Crippen LogP contribution >= 0.6 is 11.6 Å². The van der Waals surface area contributed by atoms with E-state index < -0.39 is 0 Å². The quantitative estimate of drug-likeness (QED) is 0.574. The Balaban J connectivity index is 2.79. The van der Waals surface area contributed by atoms with Crippen molar-refractivity contribution in [3.05, 3.63) is 29.3 Å². The van der Waals surface area contributed by atoms with Crippen LogP contribution in [-0.4, -0.2) is 12.0 Å². The van der Waals surface area contributed by atoms with Gasteiger partial charge in [0.1, 0.15) is 5.75 Å². The smallest absolute Gasteiger partial charge is 0.122 e. The fourth-order valence-electron chi connectivity index (χ4n) is 1.33. The SMILES string of the molecule is Cc1cc(C#CCCCl)ccc1OC(C)C. The van der Waals surface area contributed by atoms with Crippen LogP contribution in [0.15, 0.2) is 18.2 Å². The van der Waals surface area contributed by atoms with Gasteiger partial charge in [0.25, 0.3) is 0 Å². The zero-order valence-electron chi connectivity index (χ0n) is 10.0. The molecule has 2 heteroatoms. The first-order valence-electron chi connectivity index (χ1n) is 5.45. The molecule has 0 aliphatic carbocycles. The Labute approximate surface area is 103 Å². The minimum absolute atomic E-state index is 0.201. The maximum absolute atomic E-state index is 5.66. The van der Waals surface area contributed by atoms with Crippen molar-refractivity contribution in [1.82, 2.24) is 0 Å². The standard InChI is InChI=1S/C14H17ClO/c1-11(2)16-14-8-7-13(10-12(14)3)6-4-5-9-15/h7-8,10-11H,5,9H2,1-3H3. The van der Waals surface area contributed by atoms with Gasteiger partial charge in [0.2, 0.25) is 0 Å². The van der Waals surface area contributed by atoms with Crippen LogP contribution in [0.3, 0.4) is 0 Å². The summed E-state index contributed by atoms with van der Waals surface area (Å²) in [5, 5.41) is 0. The molecule has 0 unspecified atom stereocenters. The zero-order chi connectivity index (χ0) is 12.0. The van der Waals surface area contributed by atoms with Crippen LogP contribution in [0.2, 0.25) is 0 Å². The maximum atomic E-state index is 5.66. The molecule has 0 heterocycles. The fraction of sp³-hybridized carbons (Fsp3) is 0.429.